The third-order valence-corrected chi connectivity index (χ3v) is 7.75. The summed E-state index contributed by atoms with van der Waals surface area (Å²) >= 11 is 12.7. The molecule has 0 bridgehead atoms. The lowest BCUT2D eigenvalue weighted by Gasteiger charge is -2.33. The third kappa shape index (κ3) is 7.35. The fourth-order valence-electron chi connectivity index (χ4n) is 3.68. The maximum Gasteiger partial charge on any atom is 0.244 e. The lowest BCUT2D eigenvalue weighted by atomic mass is 10.1. The summed E-state index contributed by atoms with van der Waals surface area (Å²) in [5, 5.41) is 3.58. The van der Waals surface area contributed by atoms with Gasteiger partial charge in [0.25, 0.3) is 0 Å². The number of para-hydroxylation sites is 1. The van der Waals surface area contributed by atoms with Crippen molar-refractivity contribution in [3.63, 3.8) is 0 Å². The molecule has 0 aliphatic rings. The Kier molecular flexibility index (Phi) is 10.0. The molecule has 2 rings (SSSR count). The molecular weight excluding hydrogens is 509 g/mol. The largest absolute Gasteiger partial charge is 0.352 e. The summed E-state index contributed by atoms with van der Waals surface area (Å²) in [4.78, 5) is 28.0. The highest BCUT2D eigenvalue weighted by Gasteiger charge is 2.32. The van der Waals surface area contributed by atoms with Crippen LogP contribution < -0.4 is 9.62 Å². The molecule has 2 atom stereocenters. The van der Waals surface area contributed by atoms with E-state index in [0.717, 1.165) is 17.0 Å². The van der Waals surface area contributed by atoms with Crippen LogP contribution in [0.1, 0.15) is 43.9 Å². The summed E-state index contributed by atoms with van der Waals surface area (Å²) in [7, 11) is -3.82. The van der Waals surface area contributed by atoms with E-state index in [1.807, 2.05) is 19.9 Å². The van der Waals surface area contributed by atoms with Gasteiger partial charge in [0.05, 0.1) is 11.9 Å². The van der Waals surface area contributed by atoms with Gasteiger partial charge in [-0.25, -0.2) is 8.42 Å². The fourth-order valence-corrected chi connectivity index (χ4v) is 5.16. The van der Waals surface area contributed by atoms with Crippen LogP contribution in [0.5, 0.6) is 0 Å². The van der Waals surface area contributed by atoms with Crippen LogP contribution in [0, 0.1) is 13.8 Å². The van der Waals surface area contributed by atoms with Crippen molar-refractivity contribution in [3.8, 4) is 0 Å². The zero-order chi connectivity index (χ0) is 26.5. The molecule has 2 aromatic rings. The Morgan fingerprint density at radius 3 is 2.00 bits per heavy atom. The van der Waals surface area contributed by atoms with Gasteiger partial charge in [0.1, 0.15) is 12.6 Å². The van der Waals surface area contributed by atoms with E-state index < -0.39 is 28.5 Å². The van der Waals surface area contributed by atoms with Crippen molar-refractivity contribution in [1.29, 1.82) is 0 Å². The molecule has 0 radical (unpaired) electrons. The van der Waals surface area contributed by atoms with Crippen LogP contribution in [0.25, 0.3) is 0 Å². The first-order chi connectivity index (χ1) is 16.3. The number of rotatable bonds is 10. The first-order valence-corrected chi connectivity index (χ1v) is 13.9. The lowest BCUT2D eigenvalue weighted by Crippen LogP contribution is -2.52. The van der Waals surface area contributed by atoms with E-state index in [0.29, 0.717) is 32.4 Å². The molecule has 2 amide bonds. The second kappa shape index (κ2) is 12.1. The molecule has 0 unspecified atom stereocenters. The Morgan fingerprint density at radius 1 is 1.00 bits per heavy atom. The number of hydrogen-bond donors (Lipinski definition) is 1. The number of halogens is 2. The molecule has 0 heterocycles. The molecule has 0 saturated heterocycles. The van der Waals surface area contributed by atoms with E-state index >= 15 is 0 Å². The van der Waals surface area contributed by atoms with Crippen LogP contribution in [0.2, 0.25) is 10.0 Å². The Labute approximate surface area is 218 Å². The molecule has 0 aliphatic carbocycles. The average molecular weight is 543 g/mol. The van der Waals surface area contributed by atoms with Crippen LogP contribution in [0.4, 0.5) is 5.69 Å². The van der Waals surface area contributed by atoms with E-state index in [9.17, 15) is 18.0 Å². The standard InChI is InChI=1S/C25H33Cl2N3O4S/c1-7-18(4)28-25(32)19(5)29(14-20-21(26)12-9-13-22(20)27)23(31)15-30(35(6,33)34)24-16(2)10-8-11-17(24)3/h8-13,18-19H,7,14-15H2,1-6H3,(H,28,32)/t18-,19-/m1/s1. The Morgan fingerprint density at radius 2 is 1.51 bits per heavy atom. The number of benzene rings is 2. The first kappa shape index (κ1) is 28.9. The number of nitrogens with one attached hydrogen (secondary N) is 1. The highest BCUT2D eigenvalue weighted by molar-refractivity contribution is 7.92. The van der Waals surface area contributed by atoms with Crippen LogP contribution in [-0.4, -0.2) is 50.0 Å². The SMILES string of the molecule is CC[C@@H](C)NC(=O)[C@@H](C)N(Cc1c(Cl)cccc1Cl)C(=O)CN(c1c(C)cccc1C)S(C)(=O)=O. The van der Waals surface area contributed by atoms with Gasteiger partial charge in [0.2, 0.25) is 21.8 Å². The molecule has 10 heteroatoms. The van der Waals surface area contributed by atoms with Crippen molar-refractivity contribution < 1.29 is 18.0 Å². The molecule has 192 valence electrons. The minimum Gasteiger partial charge on any atom is -0.352 e. The number of carbonyl (C=O) groups excluding carboxylic acids is 2. The molecule has 0 aromatic heterocycles. The highest BCUT2D eigenvalue weighted by Crippen LogP contribution is 2.29. The van der Waals surface area contributed by atoms with Gasteiger partial charge in [-0.05, 0) is 57.4 Å². The fraction of sp³-hybridized carbons (Fsp3) is 0.440. The second-order valence-electron chi connectivity index (χ2n) is 8.73. The highest BCUT2D eigenvalue weighted by atomic mass is 35.5. The number of amides is 2. The summed E-state index contributed by atoms with van der Waals surface area (Å²) in [6.45, 7) is 8.45. The summed E-state index contributed by atoms with van der Waals surface area (Å²) in [5.74, 6) is -0.908. The summed E-state index contributed by atoms with van der Waals surface area (Å²) in [6, 6.07) is 9.39. The smallest absolute Gasteiger partial charge is 0.244 e. The maximum absolute atomic E-state index is 13.7. The van der Waals surface area contributed by atoms with Crippen molar-refractivity contribution in [2.45, 2.75) is 59.7 Å². The van der Waals surface area contributed by atoms with Crippen molar-refractivity contribution >= 4 is 50.7 Å². The van der Waals surface area contributed by atoms with E-state index in [-0.39, 0.29) is 18.5 Å². The van der Waals surface area contributed by atoms with E-state index in [1.165, 1.54) is 4.90 Å². The number of sulfonamides is 1. The average Bonchev–Trinajstić information content (AvgIpc) is 2.76. The first-order valence-electron chi connectivity index (χ1n) is 11.3. The zero-order valence-corrected chi connectivity index (χ0v) is 23.3. The Bertz CT molecular complexity index is 1150. The number of anilines is 1. The van der Waals surface area contributed by atoms with Gasteiger partial charge in [-0.15, -0.1) is 0 Å². The molecule has 0 fully saturated rings. The van der Waals surface area contributed by atoms with Gasteiger partial charge in [-0.2, -0.15) is 0 Å². The Hall–Kier alpha value is -2.29. The van der Waals surface area contributed by atoms with Crippen LogP contribution in [0.15, 0.2) is 36.4 Å². The normalized spacial score (nSPS) is 13.1. The minimum atomic E-state index is -3.82. The molecule has 0 spiro atoms. The lowest BCUT2D eigenvalue weighted by molar-refractivity contribution is -0.139. The topological polar surface area (TPSA) is 86.8 Å². The quantitative estimate of drug-likeness (QED) is 0.471. The third-order valence-electron chi connectivity index (χ3n) is 5.93. The number of aryl methyl sites for hydroxylation is 2. The van der Waals surface area contributed by atoms with Crippen LogP contribution in [-0.2, 0) is 26.2 Å². The monoisotopic (exact) mass is 541 g/mol. The second-order valence-corrected chi connectivity index (χ2v) is 11.4. The molecule has 0 aliphatic heterocycles. The summed E-state index contributed by atoms with van der Waals surface area (Å²) < 4.78 is 26.6. The molecule has 0 saturated carbocycles. The number of hydrogen-bond acceptors (Lipinski definition) is 4. The molecule has 1 N–H and O–H groups in total. The Balaban J connectivity index is 2.51. The molecule has 2 aromatic carbocycles. The number of carbonyl (C=O) groups is 2. The van der Waals surface area contributed by atoms with Crippen LogP contribution in [0.3, 0.4) is 0 Å². The molecular formula is C25H33Cl2N3O4S. The zero-order valence-electron chi connectivity index (χ0n) is 20.9. The van der Waals surface area contributed by atoms with Gasteiger partial charge in [-0.3, -0.25) is 13.9 Å². The van der Waals surface area contributed by atoms with E-state index in [4.69, 9.17) is 23.2 Å². The van der Waals surface area contributed by atoms with E-state index in [2.05, 4.69) is 5.32 Å². The number of nitrogens with zero attached hydrogens (tertiary/aromatic N) is 2. The molecule has 35 heavy (non-hydrogen) atoms. The van der Waals surface area contributed by atoms with Gasteiger partial charge < -0.3 is 10.2 Å². The summed E-state index contributed by atoms with van der Waals surface area (Å²) in [6.07, 6.45) is 1.78. The summed E-state index contributed by atoms with van der Waals surface area (Å²) in [5.41, 5.74) is 2.35. The van der Waals surface area contributed by atoms with E-state index in [1.54, 1.807) is 51.1 Å². The van der Waals surface area contributed by atoms with Gasteiger partial charge in [-0.1, -0.05) is 54.4 Å². The molecule has 7 nitrogen and oxygen atoms in total. The predicted octanol–water partition coefficient (Wildman–Crippen LogP) is 4.71. The van der Waals surface area contributed by atoms with Gasteiger partial charge in [0, 0.05) is 28.2 Å². The van der Waals surface area contributed by atoms with Crippen molar-refractivity contribution in [3.05, 3.63) is 63.1 Å². The van der Waals surface area contributed by atoms with Gasteiger partial charge >= 0.3 is 0 Å². The minimum absolute atomic E-state index is 0.0587. The predicted molar refractivity (Wildman–Crippen MR) is 142 cm³/mol. The maximum atomic E-state index is 13.7. The van der Waals surface area contributed by atoms with Gasteiger partial charge in [0.15, 0.2) is 0 Å². The van der Waals surface area contributed by atoms with Crippen molar-refractivity contribution in [1.82, 2.24) is 10.2 Å². The van der Waals surface area contributed by atoms with Crippen molar-refractivity contribution in [2.75, 3.05) is 17.1 Å². The van der Waals surface area contributed by atoms with Crippen molar-refractivity contribution in [2.24, 2.45) is 0 Å². The van der Waals surface area contributed by atoms with Crippen LogP contribution >= 0.6 is 23.2 Å².